The van der Waals surface area contributed by atoms with Crippen LogP contribution in [-0.4, -0.2) is 29.6 Å². The molecule has 0 amide bonds. The zero-order valence-corrected chi connectivity index (χ0v) is 12.5. The molecular formula is C17H22N4. The summed E-state index contributed by atoms with van der Waals surface area (Å²) in [6, 6.07) is 12.2. The summed E-state index contributed by atoms with van der Waals surface area (Å²) in [7, 11) is 0. The standard InChI is InChI=1S/C17H22N4/c1-13-11-16(19-12-14-7-9-18-10-8-14)21-17(20-13)15-5-3-2-4-6-15/h2-6,11,14,18H,7-10,12H2,1H3,(H,19,20,21). The molecule has 0 aliphatic carbocycles. The highest BCUT2D eigenvalue weighted by Crippen LogP contribution is 2.18. The van der Waals surface area contributed by atoms with E-state index in [1.807, 2.05) is 43.3 Å². The first-order valence-electron chi connectivity index (χ1n) is 7.67. The van der Waals surface area contributed by atoms with E-state index in [0.29, 0.717) is 0 Å². The van der Waals surface area contributed by atoms with Gasteiger partial charge in [0.1, 0.15) is 5.82 Å². The monoisotopic (exact) mass is 282 g/mol. The Morgan fingerprint density at radius 2 is 1.90 bits per heavy atom. The maximum atomic E-state index is 4.65. The van der Waals surface area contributed by atoms with E-state index in [2.05, 4.69) is 20.6 Å². The van der Waals surface area contributed by atoms with Crippen LogP contribution in [0.2, 0.25) is 0 Å². The van der Waals surface area contributed by atoms with Crippen LogP contribution >= 0.6 is 0 Å². The molecule has 3 rings (SSSR count). The van der Waals surface area contributed by atoms with Gasteiger partial charge in [-0.05, 0) is 38.8 Å². The predicted molar refractivity (Wildman–Crippen MR) is 86.3 cm³/mol. The summed E-state index contributed by atoms with van der Waals surface area (Å²) in [4.78, 5) is 9.19. The lowest BCUT2D eigenvalue weighted by Crippen LogP contribution is -2.31. The summed E-state index contributed by atoms with van der Waals surface area (Å²) in [6.07, 6.45) is 2.48. The van der Waals surface area contributed by atoms with Crippen LogP contribution in [0.15, 0.2) is 36.4 Å². The molecule has 0 spiro atoms. The largest absolute Gasteiger partial charge is 0.370 e. The third-order valence-corrected chi connectivity index (χ3v) is 3.92. The van der Waals surface area contributed by atoms with Gasteiger partial charge < -0.3 is 10.6 Å². The van der Waals surface area contributed by atoms with E-state index < -0.39 is 0 Å². The molecule has 21 heavy (non-hydrogen) atoms. The van der Waals surface area contributed by atoms with Crippen LogP contribution < -0.4 is 10.6 Å². The number of aryl methyl sites for hydroxylation is 1. The van der Waals surface area contributed by atoms with Gasteiger partial charge >= 0.3 is 0 Å². The average Bonchev–Trinajstić information content (AvgIpc) is 2.54. The fraction of sp³-hybridized carbons (Fsp3) is 0.412. The number of nitrogens with one attached hydrogen (secondary N) is 2. The first kappa shape index (κ1) is 14.0. The maximum Gasteiger partial charge on any atom is 0.161 e. The van der Waals surface area contributed by atoms with Crippen molar-refractivity contribution in [2.75, 3.05) is 25.0 Å². The first-order valence-corrected chi connectivity index (χ1v) is 7.67. The molecule has 2 heterocycles. The van der Waals surface area contributed by atoms with Gasteiger partial charge in [0, 0.05) is 23.9 Å². The third-order valence-electron chi connectivity index (χ3n) is 3.92. The van der Waals surface area contributed by atoms with Crippen molar-refractivity contribution in [3.05, 3.63) is 42.1 Å². The number of hydrogen-bond donors (Lipinski definition) is 2. The van der Waals surface area contributed by atoms with Gasteiger partial charge in [-0.25, -0.2) is 9.97 Å². The fourth-order valence-corrected chi connectivity index (χ4v) is 2.71. The van der Waals surface area contributed by atoms with Crippen LogP contribution in [0, 0.1) is 12.8 Å². The lowest BCUT2D eigenvalue weighted by atomic mass is 9.98. The molecule has 1 saturated heterocycles. The van der Waals surface area contributed by atoms with E-state index in [1.54, 1.807) is 0 Å². The van der Waals surface area contributed by atoms with Crippen LogP contribution in [0.25, 0.3) is 11.4 Å². The number of benzene rings is 1. The van der Waals surface area contributed by atoms with Crippen LogP contribution in [-0.2, 0) is 0 Å². The molecule has 0 atom stereocenters. The van der Waals surface area contributed by atoms with Crippen molar-refractivity contribution in [3.63, 3.8) is 0 Å². The lowest BCUT2D eigenvalue weighted by molar-refractivity contribution is 0.389. The summed E-state index contributed by atoms with van der Waals surface area (Å²) in [5, 5.41) is 6.89. The second-order valence-corrected chi connectivity index (χ2v) is 5.66. The predicted octanol–water partition coefficient (Wildman–Crippen LogP) is 2.86. The number of anilines is 1. The molecule has 4 heteroatoms. The van der Waals surface area contributed by atoms with Gasteiger partial charge in [0.05, 0.1) is 0 Å². The Morgan fingerprint density at radius 3 is 2.67 bits per heavy atom. The fourth-order valence-electron chi connectivity index (χ4n) is 2.71. The Balaban J connectivity index is 1.72. The van der Waals surface area contributed by atoms with Crippen LogP contribution in [0.3, 0.4) is 0 Å². The van der Waals surface area contributed by atoms with Gasteiger partial charge in [0.25, 0.3) is 0 Å². The average molecular weight is 282 g/mol. The molecule has 2 N–H and O–H groups in total. The van der Waals surface area contributed by atoms with Crippen molar-refractivity contribution >= 4 is 5.82 Å². The molecule has 4 nitrogen and oxygen atoms in total. The van der Waals surface area contributed by atoms with Crippen LogP contribution in [0.5, 0.6) is 0 Å². The summed E-state index contributed by atoms with van der Waals surface area (Å²) in [5.74, 6) is 2.46. The van der Waals surface area contributed by atoms with Gasteiger partial charge in [0.15, 0.2) is 5.82 Å². The van der Waals surface area contributed by atoms with E-state index in [0.717, 1.165) is 48.5 Å². The number of rotatable bonds is 4. The summed E-state index contributed by atoms with van der Waals surface area (Å²) in [5.41, 5.74) is 2.06. The van der Waals surface area contributed by atoms with Crippen molar-refractivity contribution < 1.29 is 0 Å². The molecule has 0 unspecified atom stereocenters. The highest BCUT2D eigenvalue weighted by atomic mass is 15.0. The first-order chi connectivity index (χ1) is 10.3. The normalized spacial score (nSPS) is 15.9. The molecule has 1 aliphatic rings. The molecule has 0 bridgehead atoms. The molecule has 1 fully saturated rings. The Morgan fingerprint density at radius 1 is 1.14 bits per heavy atom. The minimum absolute atomic E-state index is 0.738. The molecule has 110 valence electrons. The Hall–Kier alpha value is -1.94. The van der Waals surface area contributed by atoms with E-state index in [4.69, 9.17) is 0 Å². The topological polar surface area (TPSA) is 49.8 Å². The van der Waals surface area contributed by atoms with Crippen LogP contribution in [0.4, 0.5) is 5.82 Å². The second-order valence-electron chi connectivity index (χ2n) is 5.66. The van der Waals surface area contributed by atoms with E-state index in [1.165, 1.54) is 12.8 Å². The Labute approximate surface area is 126 Å². The second kappa shape index (κ2) is 6.68. The van der Waals surface area contributed by atoms with Gasteiger partial charge in [-0.1, -0.05) is 30.3 Å². The Bertz CT molecular complexity index is 577. The molecule has 1 aromatic carbocycles. The third kappa shape index (κ3) is 3.79. The lowest BCUT2D eigenvalue weighted by Gasteiger charge is -2.23. The number of hydrogen-bond acceptors (Lipinski definition) is 4. The highest BCUT2D eigenvalue weighted by molar-refractivity contribution is 5.57. The summed E-state index contributed by atoms with van der Waals surface area (Å²) in [6.45, 7) is 5.27. The van der Waals surface area contributed by atoms with Crippen molar-refractivity contribution in [2.45, 2.75) is 19.8 Å². The molecule has 1 aliphatic heterocycles. The van der Waals surface area contributed by atoms with Gasteiger partial charge in [-0.2, -0.15) is 0 Å². The minimum atomic E-state index is 0.738. The quantitative estimate of drug-likeness (QED) is 0.905. The van der Waals surface area contributed by atoms with Crippen molar-refractivity contribution in [3.8, 4) is 11.4 Å². The van der Waals surface area contributed by atoms with E-state index >= 15 is 0 Å². The van der Waals surface area contributed by atoms with E-state index in [-0.39, 0.29) is 0 Å². The number of nitrogens with zero attached hydrogens (tertiary/aromatic N) is 2. The molecule has 2 aromatic rings. The number of aromatic nitrogens is 2. The smallest absolute Gasteiger partial charge is 0.161 e. The summed E-state index contributed by atoms with van der Waals surface area (Å²) >= 11 is 0. The Kier molecular flexibility index (Phi) is 4.46. The molecule has 0 saturated carbocycles. The van der Waals surface area contributed by atoms with Gasteiger partial charge in [0.2, 0.25) is 0 Å². The molecule has 0 radical (unpaired) electrons. The van der Waals surface area contributed by atoms with Gasteiger partial charge in [-0.15, -0.1) is 0 Å². The van der Waals surface area contributed by atoms with Crippen LogP contribution in [0.1, 0.15) is 18.5 Å². The maximum absolute atomic E-state index is 4.65. The van der Waals surface area contributed by atoms with Gasteiger partial charge in [-0.3, -0.25) is 0 Å². The van der Waals surface area contributed by atoms with Crippen molar-refractivity contribution in [1.29, 1.82) is 0 Å². The van der Waals surface area contributed by atoms with Crippen molar-refractivity contribution in [1.82, 2.24) is 15.3 Å². The molecule has 1 aromatic heterocycles. The minimum Gasteiger partial charge on any atom is -0.370 e. The zero-order valence-electron chi connectivity index (χ0n) is 12.5. The molecular weight excluding hydrogens is 260 g/mol. The highest BCUT2D eigenvalue weighted by Gasteiger charge is 2.13. The van der Waals surface area contributed by atoms with E-state index in [9.17, 15) is 0 Å². The van der Waals surface area contributed by atoms with Crippen molar-refractivity contribution in [2.24, 2.45) is 5.92 Å². The summed E-state index contributed by atoms with van der Waals surface area (Å²) < 4.78 is 0. The zero-order chi connectivity index (χ0) is 14.5. The SMILES string of the molecule is Cc1cc(NCC2CCNCC2)nc(-c2ccccc2)n1. The number of piperidine rings is 1.